The van der Waals surface area contributed by atoms with Gasteiger partial charge in [0.05, 0.1) is 12.1 Å². The molecule has 7 heteroatoms. The first-order chi connectivity index (χ1) is 11.1. The van der Waals surface area contributed by atoms with Gasteiger partial charge in [-0.1, -0.05) is 0 Å². The quantitative estimate of drug-likeness (QED) is 0.829. The van der Waals surface area contributed by atoms with E-state index in [1.165, 1.54) is 0 Å². The summed E-state index contributed by atoms with van der Waals surface area (Å²) in [4.78, 5) is 12.7. The van der Waals surface area contributed by atoms with Crippen LogP contribution in [0.4, 0.5) is 0 Å². The third kappa shape index (κ3) is 3.72. The van der Waals surface area contributed by atoms with Crippen LogP contribution in [0.5, 0.6) is 0 Å². The van der Waals surface area contributed by atoms with Gasteiger partial charge in [-0.05, 0) is 24.7 Å². The summed E-state index contributed by atoms with van der Waals surface area (Å²) in [5.41, 5.74) is 1.14. The average molecular weight is 338 g/mol. The monoisotopic (exact) mass is 338 g/mol. The van der Waals surface area contributed by atoms with E-state index >= 15 is 0 Å². The first-order valence-corrected chi connectivity index (χ1v) is 9.46. The first-order valence-electron chi connectivity index (χ1n) is 8.23. The van der Waals surface area contributed by atoms with Gasteiger partial charge in [0.15, 0.2) is 0 Å². The fourth-order valence-corrected chi connectivity index (χ4v) is 4.30. The summed E-state index contributed by atoms with van der Waals surface area (Å²) in [5.74, 6) is 0.352. The van der Waals surface area contributed by atoms with Crippen LogP contribution < -0.4 is 10.6 Å². The van der Waals surface area contributed by atoms with E-state index < -0.39 is 0 Å². The van der Waals surface area contributed by atoms with Gasteiger partial charge < -0.3 is 15.4 Å². The Labute approximate surface area is 141 Å². The van der Waals surface area contributed by atoms with Crippen molar-refractivity contribution in [1.82, 2.24) is 20.4 Å². The van der Waals surface area contributed by atoms with Crippen LogP contribution in [-0.2, 0) is 16.6 Å². The number of rotatable bonds is 5. The third-order valence-electron chi connectivity index (χ3n) is 5.13. The van der Waals surface area contributed by atoms with Crippen molar-refractivity contribution in [2.24, 2.45) is 13.0 Å². The Morgan fingerprint density at radius 2 is 2.30 bits per heavy atom. The summed E-state index contributed by atoms with van der Waals surface area (Å²) in [6.07, 6.45) is 8.03. The molecule has 0 spiro atoms. The SMILES string of the molecule is CSC1(CNC(=O)[C@H]2CNC[C@@H]2c2cnn(C)c2)CCOCC1. The molecule has 1 amide bonds. The van der Waals surface area contributed by atoms with Crippen molar-refractivity contribution >= 4 is 17.7 Å². The molecule has 128 valence electrons. The molecule has 2 aliphatic rings. The fourth-order valence-electron chi connectivity index (χ4n) is 3.51. The van der Waals surface area contributed by atoms with Crippen molar-refractivity contribution in [3.63, 3.8) is 0 Å². The van der Waals surface area contributed by atoms with Crippen LogP contribution in [0.3, 0.4) is 0 Å². The number of aromatic nitrogens is 2. The van der Waals surface area contributed by atoms with Crippen LogP contribution in [-0.4, -0.2) is 59.5 Å². The Bertz CT molecular complexity index is 542. The zero-order valence-electron chi connectivity index (χ0n) is 13.9. The predicted octanol–water partition coefficient (Wildman–Crippen LogP) is 0.752. The topological polar surface area (TPSA) is 68.2 Å². The summed E-state index contributed by atoms with van der Waals surface area (Å²) < 4.78 is 7.39. The largest absolute Gasteiger partial charge is 0.381 e. The molecule has 2 saturated heterocycles. The third-order valence-corrected chi connectivity index (χ3v) is 6.54. The molecule has 3 heterocycles. The molecule has 0 aliphatic carbocycles. The Morgan fingerprint density at radius 3 is 2.96 bits per heavy atom. The van der Waals surface area contributed by atoms with E-state index in [2.05, 4.69) is 22.0 Å². The van der Waals surface area contributed by atoms with Crippen LogP contribution in [0.2, 0.25) is 0 Å². The maximum Gasteiger partial charge on any atom is 0.225 e. The Hall–Kier alpha value is -1.05. The van der Waals surface area contributed by atoms with Crippen LogP contribution in [0.15, 0.2) is 12.4 Å². The highest BCUT2D eigenvalue weighted by Crippen LogP contribution is 2.33. The van der Waals surface area contributed by atoms with Crippen LogP contribution in [0, 0.1) is 5.92 Å². The average Bonchev–Trinajstić information content (AvgIpc) is 3.22. The van der Waals surface area contributed by atoms with Gasteiger partial charge in [0.25, 0.3) is 0 Å². The van der Waals surface area contributed by atoms with Crippen molar-refractivity contribution in [3.05, 3.63) is 18.0 Å². The molecule has 2 atom stereocenters. The summed E-state index contributed by atoms with van der Waals surface area (Å²) in [5, 5.41) is 10.8. The van der Waals surface area contributed by atoms with Crippen LogP contribution in [0.1, 0.15) is 24.3 Å². The molecular weight excluding hydrogens is 312 g/mol. The number of carbonyl (C=O) groups excluding carboxylic acids is 1. The van der Waals surface area contributed by atoms with E-state index in [4.69, 9.17) is 4.74 Å². The highest BCUT2D eigenvalue weighted by molar-refractivity contribution is 8.00. The molecule has 23 heavy (non-hydrogen) atoms. The normalized spacial score (nSPS) is 27.0. The zero-order chi connectivity index (χ0) is 16.3. The number of amides is 1. The van der Waals surface area contributed by atoms with Gasteiger partial charge in [-0.25, -0.2) is 0 Å². The highest BCUT2D eigenvalue weighted by Gasteiger charge is 2.37. The summed E-state index contributed by atoms with van der Waals surface area (Å²) >= 11 is 1.85. The van der Waals surface area contributed by atoms with Crippen molar-refractivity contribution in [1.29, 1.82) is 0 Å². The fraction of sp³-hybridized carbons (Fsp3) is 0.750. The smallest absolute Gasteiger partial charge is 0.225 e. The van der Waals surface area contributed by atoms with Crippen molar-refractivity contribution in [3.8, 4) is 0 Å². The van der Waals surface area contributed by atoms with Gasteiger partial charge in [-0.15, -0.1) is 0 Å². The zero-order valence-corrected chi connectivity index (χ0v) is 14.7. The first kappa shape index (κ1) is 16.8. The van der Waals surface area contributed by atoms with Crippen molar-refractivity contribution < 1.29 is 9.53 Å². The van der Waals surface area contributed by atoms with E-state index in [1.54, 1.807) is 4.68 Å². The standard InChI is InChI=1S/C16H26N4O2S/c1-20-10-12(7-19-20)13-8-17-9-14(13)15(21)18-11-16(23-2)3-5-22-6-4-16/h7,10,13-14,17H,3-6,8-9,11H2,1-2H3,(H,18,21)/t13-,14+/m1/s1. The van der Waals surface area contributed by atoms with E-state index in [0.29, 0.717) is 0 Å². The van der Waals surface area contributed by atoms with Gasteiger partial charge in [-0.2, -0.15) is 16.9 Å². The molecule has 0 saturated carbocycles. The molecule has 0 bridgehead atoms. The lowest BCUT2D eigenvalue weighted by molar-refractivity contribution is -0.125. The second kappa shape index (κ2) is 7.23. The van der Waals surface area contributed by atoms with Gasteiger partial charge in [-0.3, -0.25) is 9.48 Å². The molecule has 1 aromatic heterocycles. The number of thioether (sulfide) groups is 1. The number of nitrogens with zero attached hydrogens (tertiary/aromatic N) is 2. The summed E-state index contributed by atoms with van der Waals surface area (Å²) in [6, 6.07) is 0. The molecule has 6 nitrogen and oxygen atoms in total. The highest BCUT2D eigenvalue weighted by atomic mass is 32.2. The summed E-state index contributed by atoms with van der Waals surface area (Å²) in [6.45, 7) is 3.89. The molecule has 0 radical (unpaired) electrons. The predicted molar refractivity (Wildman–Crippen MR) is 91.6 cm³/mol. The summed E-state index contributed by atoms with van der Waals surface area (Å²) in [7, 11) is 1.91. The number of carbonyl (C=O) groups is 1. The maximum absolute atomic E-state index is 12.7. The number of hydrogen-bond donors (Lipinski definition) is 2. The van der Waals surface area contributed by atoms with Gasteiger partial charge in [0.2, 0.25) is 5.91 Å². The molecule has 2 aliphatic heterocycles. The minimum atomic E-state index is -0.0158. The number of hydrogen-bond acceptors (Lipinski definition) is 5. The Morgan fingerprint density at radius 1 is 1.52 bits per heavy atom. The maximum atomic E-state index is 12.7. The molecule has 2 N–H and O–H groups in total. The second-order valence-corrected chi connectivity index (χ2v) is 7.81. The van der Waals surface area contributed by atoms with E-state index in [-0.39, 0.29) is 22.5 Å². The minimum absolute atomic E-state index is 0.0158. The molecule has 0 aromatic carbocycles. The second-order valence-electron chi connectivity index (χ2n) is 6.54. The van der Waals surface area contributed by atoms with E-state index in [9.17, 15) is 4.79 Å². The number of nitrogens with one attached hydrogen (secondary N) is 2. The van der Waals surface area contributed by atoms with Gasteiger partial charge in [0, 0.05) is 56.8 Å². The lowest BCUT2D eigenvalue weighted by Gasteiger charge is -2.36. The lowest BCUT2D eigenvalue weighted by Crippen LogP contribution is -2.46. The Kier molecular flexibility index (Phi) is 5.28. The molecule has 3 rings (SSSR count). The lowest BCUT2D eigenvalue weighted by atomic mass is 9.90. The van der Waals surface area contributed by atoms with Crippen molar-refractivity contribution in [2.45, 2.75) is 23.5 Å². The van der Waals surface area contributed by atoms with Crippen molar-refractivity contribution in [2.75, 3.05) is 39.1 Å². The van der Waals surface area contributed by atoms with Gasteiger partial charge in [0.1, 0.15) is 0 Å². The van der Waals surface area contributed by atoms with E-state index in [0.717, 1.165) is 51.3 Å². The Balaban J connectivity index is 1.60. The number of ether oxygens (including phenoxy) is 1. The van der Waals surface area contributed by atoms with Crippen LogP contribution in [0.25, 0.3) is 0 Å². The molecule has 0 unspecified atom stereocenters. The molecule has 2 fully saturated rings. The molecular formula is C16H26N4O2S. The minimum Gasteiger partial charge on any atom is -0.381 e. The number of aryl methyl sites for hydroxylation is 1. The molecule has 1 aromatic rings. The van der Waals surface area contributed by atoms with Gasteiger partial charge >= 0.3 is 0 Å². The van der Waals surface area contributed by atoms with Crippen LogP contribution >= 0.6 is 11.8 Å². The van der Waals surface area contributed by atoms with E-state index in [1.807, 2.05) is 31.2 Å².